The molecule has 1 nitrogen and oxygen atoms in total. The second-order valence-corrected chi connectivity index (χ2v) is 3.42. The zero-order chi connectivity index (χ0) is 9.10. The summed E-state index contributed by atoms with van der Waals surface area (Å²) in [6, 6.07) is 9.74. The van der Waals surface area contributed by atoms with Crippen LogP contribution < -0.4 is 0 Å². The van der Waals surface area contributed by atoms with Crippen LogP contribution >= 0.6 is 0 Å². The highest BCUT2D eigenvalue weighted by molar-refractivity contribution is 5.79. The molecule has 0 fully saturated rings. The van der Waals surface area contributed by atoms with Gasteiger partial charge in [0.15, 0.2) is 0 Å². The minimum absolute atomic E-state index is 1.18. The van der Waals surface area contributed by atoms with Gasteiger partial charge in [-0.05, 0) is 30.5 Å². The number of H-pyrrole nitrogens is 1. The number of aryl methyl sites for hydroxylation is 1. The largest absolute Gasteiger partial charge is 0.361 e. The van der Waals surface area contributed by atoms with Crippen LogP contribution in [0, 0.1) is 6.07 Å². The topological polar surface area (TPSA) is 15.8 Å². The van der Waals surface area contributed by atoms with E-state index in [0.717, 1.165) is 0 Å². The molecule has 1 N–H and O–H groups in total. The molecule has 0 saturated carbocycles. The van der Waals surface area contributed by atoms with E-state index in [9.17, 15) is 0 Å². The van der Waals surface area contributed by atoms with Crippen molar-refractivity contribution in [2.24, 2.45) is 0 Å². The van der Waals surface area contributed by atoms with E-state index in [2.05, 4.69) is 36.2 Å². The second kappa shape index (κ2) is 3.65. The average molecular weight is 172 g/mol. The normalized spacial score (nSPS) is 10.8. The van der Waals surface area contributed by atoms with Gasteiger partial charge < -0.3 is 4.98 Å². The van der Waals surface area contributed by atoms with Gasteiger partial charge in [-0.1, -0.05) is 19.4 Å². The van der Waals surface area contributed by atoms with Gasteiger partial charge in [0.05, 0.1) is 0 Å². The van der Waals surface area contributed by atoms with E-state index >= 15 is 0 Å². The Kier molecular flexibility index (Phi) is 2.35. The highest BCUT2D eigenvalue weighted by atomic mass is 14.7. The number of aromatic nitrogens is 1. The van der Waals surface area contributed by atoms with Crippen LogP contribution in [0.4, 0.5) is 0 Å². The fourth-order valence-electron chi connectivity index (χ4n) is 1.56. The smallest absolute Gasteiger partial charge is 0.0460 e. The van der Waals surface area contributed by atoms with Crippen molar-refractivity contribution in [3.63, 3.8) is 0 Å². The molecule has 13 heavy (non-hydrogen) atoms. The Morgan fingerprint density at radius 1 is 1.38 bits per heavy atom. The van der Waals surface area contributed by atoms with Crippen LogP contribution in [0.3, 0.4) is 0 Å². The van der Waals surface area contributed by atoms with Crippen LogP contribution in [-0.4, -0.2) is 4.98 Å². The molecule has 2 rings (SSSR count). The summed E-state index contributed by atoms with van der Waals surface area (Å²) >= 11 is 0. The first-order valence-corrected chi connectivity index (χ1v) is 4.88. The molecular weight excluding hydrogens is 158 g/mol. The molecule has 0 aliphatic heterocycles. The van der Waals surface area contributed by atoms with Crippen LogP contribution in [0.2, 0.25) is 0 Å². The number of benzene rings is 1. The SMILES string of the molecule is CCCCc1ccc2[nH]c[c]c2c1. The summed E-state index contributed by atoms with van der Waals surface area (Å²) in [5.41, 5.74) is 2.60. The van der Waals surface area contributed by atoms with Gasteiger partial charge in [0, 0.05) is 23.2 Å². The Hall–Kier alpha value is -1.24. The summed E-state index contributed by atoms with van der Waals surface area (Å²) in [5.74, 6) is 0. The third-order valence-electron chi connectivity index (χ3n) is 2.36. The number of unbranched alkanes of at least 4 members (excludes halogenated alkanes) is 1. The molecule has 0 spiro atoms. The number of aromatic amines is 1. The zero-order valence-corrected chi connectivity index (χ0v) is 7.93. The second-order valence-electron chi connectivity index (χ2n) is 3.42. The summed E-state index contributed by atoms with van der Waals surface area (Å²) in [4.78, 5) is 3.15. The number of hydrogen-bond donors (Lipinski definition) is 1. The minimum atomic E-state index is 1.18. The first-order chi connectivity index (χ1) is 6.40. The molecular formula is C12H14N. The maximum atomic E-state index is 3.18. The molecule has 0 aliphatic carbocycles. The van der Waals surface area contributed by atoms with E-state index in [0.29, 0.717) is 0 Å². The van der Waals surface area contributed by atoms with E-state index < -0.39 is 0 Å². The summed E-state index contributed by atoms with van der Waals surface area (Å²) in [6.07, 6.45) is 5.59. The maximum absolute atomic E-state index is 3.18. The lowest BCUT2D eigenvalue weighted by Crippen LogP contribution is -1.83. The van der Waals surface area contributed by atoms with Gasteiger partial charge >= 0.3 is 0 Å². The van der Waals surface area contributed by atoms with E-state index in [1.165, 1.54) is 35.7 Å². The summed E-state index contributed by atoms with van der Waals surface area (Å²) in [7, 11) is 0. The third kappa shape index (κ3) is 1.74. The molecule has 0 bridgehead atoms. The van der Waals surface area contributed by atoms with Crippen LogP contribution in [0.5, 0.6) is 0 Å². The van der Waals surface area contributed by atoms with Crippen LogP contribution in [0.1, 0.15) is 25.3 Å². The molecule has 1 heterocycles. The van der Waals surface area contributed by atoms with Crippen LogP contribution in [-0.2, 0) is 6.42 Å². The average Bonchev–Trinajstić information content (AvgIpc) is 2.61. The molecule has 67 valence electrons. The minimum Gasteiger partial charge on any atom is -0.361 e. The van der Waals surface area contributed by atoms with Crippen molar-refractivity contribution in [2.75, 3.05) is 0 Å². The molecule has 2 aromatic rings. The highest BCUT2D eigenvalue weighted by Crippen LogP contribution is 2.15. The molecule has 0 aliphatic rings. The molecule has 0 unspecified atom stereocenters. The highest BCUT2D eigenvalue weighted by Gasteiger charge is 1.96. The van der Waals surface area contributed by atoms with E-state index in [-0.39, 0.29) is 0 Å². The quantitative estimate of drug-likeness (QED) is 0.731. The van der Waals surface area contributed by atoms with Crippen molar-refractivity contribution >= 4 is 10.9 Å². The lowest BCUT2D eigenvalue weighted by molar-refractivity contribution is 0.796. The molecule has 0 atom stereocenters. The third-order valence-corrected chi connectivity index (χ3v) is 2.36. The van der Waals surface area contributed by atoms with E-state index in [1.54, 1.807) is 0 Å². The van der Waals surface area contributed by atoms with Crippen molar-refractivity contribution in [2.45, 2.75) is 26.2 Å². The van der Waals surface area contributed by atoms with Crippen LogP contribution in [0.25, 0.3) is 10.9 Å². The summed E-state index contributed by atoms with van der Waals surface area (Å²) in [6.45, 7) is 2.22. The summed E-state index contributed by atoms with van der Waals surface area (Å²) < 4.78 is 0. The lowest BCUT2D eigenvalue weighted by Gasteiger charge is -1.99. The number of hydrogen-bond acceptors (Lipinski definition) is 0. The number of fused-ring (bicyclic) bond motifs is 1. The predicted molar refractivity (Wildman–Crippen MR) is 55.7 cm³/mol. The van der Waals surface area contributed by atoms with Gasteiger partial charge in [-0.2, -0.15) is 0 Å². The fourth-order valence-corrected chi connectivity index (χ4v) is 1.56. The lowest BCUT2D eigenvalue weighted by atomic mass is 10.1. The van der Waals surface area contributed by atoms with Crippen molar-refractivity contribution in [3.05, 3.63) is 36.0 Å². The van der Waals surface area contributed by atoms with Crippen LogP contribution in [0.15, 0.2) is 24.4 Å². The van der Waals surface area contributed by atoms with Gasteiger partial charge in [-0.3, -0.25) is 0 Å². The monoisotopic (exact) mass is 172 g/mol. The first-order valence-electron chi connectivity index (χ1n) is 4.88. The standard InChI is InChI=1S/C12H14N/c1-2-3-4-10-5-6-12-11(9-10)7-8-13-12/h5-6,8-9,13H,2-4H2,1H3. The maximum Gasteiger partial charge on any atom is 0.0460 e. The Balaban J connectivity index is 2.26. The van der Waals surface area contributed by atoms with Gasteiger partial charge in [-0.15, -0.1) is 0 Å². The Bertz CT molecular complexity index is 387. The Morgan fingerprint density at radius 3 is 3.15 bits per heavy atom. The van der Waals surface area contributed by atoms with E-state index in [4.69, 9.17) is 0 Å². The zero-order valence-electron chi connectivity index (χ0n) is 7.93. The fraction of sp³-hybridized carbons (Fsp3) is 0.333. The van der Waals surface area contributed by atoms with Crippen molar-refractivity contribution in [3.8, 4) is 0 Å². The molecule has 1 aromatic carbocycles. The molecule has 1 aromatic heterocycles. The predicted octanol–water partition coefficient (Wildman–Crippen LogP) is 3.31. The van der Waals surface area contributed by atoms with Gasteiger partial charge in [0.2, 0.25) is 0 Å². The number of rotatable bonds is 3. The van der Waals surface area contributed by atoms with Gasteiger partial charge in [-0.25, -0.2) is 0 Å². The molecule has 1 heteroatoms. The summed E-state index contributed by atoms with van der Waals surface area (Å²) in [5, 5.41) is 1.20. The van der Waals surface area contributed by atoms with Crippen molar-refractivity contribution in [1.29, 1.82) is 0 Å². The Labute approximate surface area is 78.8 Å². The van der Waals surface area contributed by atoms with Crippen molar-refractivity contribution < 1.29 is 0 Å². The van der Waals surface area contributed by atoms with Gasteiger partial charge in [0.1, 0.15) is 0 Å². The number of nitrogens with one attached hydrogen (secondary N) is 1. The van der Waals surface area contributed by atoms with Crippen molar-refractivity contribution in [1.82, 2.24) is 4.98 Å². The van der Waals surface area contributed by atoms with Gasteiger partial charge in [0.25, 0.3) is 0 Å². The van der Waals surface area contributed by atoms with E-state index in [1.807, 2.05) is 6.20 Å². The molecule has 0 amide bonds. The first kappa shape index (κ1) is 8.36. The Morgan fingerprint density at radius 2 is 2.31 bits per heavy atom. The molecule has 1 radical (unpaired) electrons. The molecule has 0 saturated heterocycles.